The highest BCUT2D eigenvalue weighted by molar-refractivity contribution is 5.89. The molecule has 3 atom stereocenters. The summed E-state index contributed by atoms with van der Waals surface area (Å²) in [5, 5.41) is 6.70. The number of amides is 1. The van der Waals surface area contributed by atoms with Gasteiger partial charge >= 0.3 is 5.97 Å². The summed E-state index contributed by atoms with van der Waals surface area (Å²) in [5.74, 6) is -0.782. The predicted octanol–water partition coefficient (Wildman–Crippen LogP) is 3.91. The number of carbonyl (C=O) groups excluding carboxylic acids is 2. The maximum atomic E-state index is 12.3. The molecule has 8 nitrogen and oxygen atoms in total. The van der Waals surface area contributed by atoms with Crippen LogP contribution in [0.5, 0.6) is 0 Å². The van der Waals surface area contributed by atoms with Gasteiger partial charge in [0, 0.05) is 17.4 Å². The molecule has 3 rings (SSSR count). The molecule has 0 fully saturated rings. The molecule has 0 radical (unpaired) electrons. The predicted molar refractivity (Wildman–Crippen MR) is 124 cm³/mol. The summed E-state index contributed by atoms with van der Waals surface area (Å²) in [6.45, 7) is 1.40. The van der Waals surface area contributed by atoms with Gasteiger partial charge in [0.05, 0.1) is 31.4 Å². The van der Waals surface area contributed by atoms with E-state index in [1.807, 2.05) is 60.7 Å². The topological polar surface area (TPSA) is 113 Å². The molecule has 33 heavy (non-hydrogen) atoms. The first-order valence-corrected chi connectivity index (χ1v) is 10.8. The van der Waals surface area contributed by atoms with Crippen LogP contribution in [-0.4, -0.2) is 43.3 Å². The number of ether oxygens (including phenoxy) is 2. The Morgan fingerprint density at radius 1 is 1.09 bits per heavy atom. The molecule has 0 aromatic heterocycles. The third kappa shape index (κ3) is 6.94. The van der Waals surface area contributed by atoms with Crippen LogP contribution in [0.3, 0.4) is 0 Å². The van der Waals surface area contributed by atoms with Gasteiger partial charge < -0.3 is 14.8 Å². The summed E-state index contributed by atoms with van der Waals surface area (Å²) in [5.41, 5.74) is 11.7. The van der Waals surface area contributed by atoms with E-state index in [1.54, 1.807) is 6.08 Å². The van der Waals surface area contributed by atoms with Crippen molar-refractivity contribution in [3.63, 3.8) is 0 Å². The number of carbonyl (C=O) groups is 2. The molecule has 0 saturated carbocycles. The van der Waals surface area contributed by atoms with Crippen molar-refractivity contribution in [3.8, 4) is 0 Å². The Bertz CT molecular complexity index is 978. The third-order valence-electron chi connectivity index (χ3n) is 5.54. The zero-order valence-corrected chi connectivity index (χ0v) is 18.8. The minimum absolute atomic E-state index is 0.156. The second-order valence-corrected chi connectivity index (χ2v) is 7.99. The summed E-state index contributed by atoms with van der Waals surface area (Å²) >= 11 is 0. The molecule has 1 aliphatic rings. The fourth-order valence-electron chi connectivity index (χ4n) is 4.08. The molecule has 1 aliphatic carbocycles. The van der Waals surface area contributed by atoms with E-state index in [-0.39, 0.29) is 18.4 Å². The number of nitrogens with one attached hydrogen (secondary N) is 1. The van der Waals surface area contributed by atoms with E-state index in [9.17, 15) is 9.59 Å². The van der Waals surface area contributed by atoms with Crippen molar-refractivity contribution in [2.75, 3.05) is 7.11 Å². The van der Waals surface area contributed by atoms with Crippen LogP contribution < -0.4 is 5.32 Å². The molecular formula is C25H28N4O4. The van der Waals surface area contributed by atoms with E-state index in [1.165, 1.54) is 14.0 Å². The highest BCUT2D eigenvalue weighted by Crippen LogP contribution is 2.27. The summed E-state index contributed by atoms with van der Waals surface area (Å²) < 4.78 is 11.4. The zero-order chi connectivity index (χ0) is 23.6. The van der Waals surface area contributed by atoms with Gasteiger partial charge in [-0.05, 0) is 42.0 Å². The van der Waals surface area contributed by atoms with Gasteiger partial charge in [-0.3, -0.25) is 4.79 Å². The number of benzene rings is 2. The second-order valence-electron chi connectivity index (χ2n) is 7.99. The first-order valence-electron chi connectivity index (χ1n) is 10.8. The molecule has 1 unspecified atom stereocenters. The molecule has 172 valence electrons. The van der Waals surface area contributed by atoms with Gasteiger partial charge in [-0.2, -0.15) is 0 Å². The van der Waals surface area contributed by atoms with Crippen LogP contribution in [0.4, 0.5) is 0 Å². The lowest BCUT2D eigenvalue weighted by molar-refractivity contribution is -0.136. The summed E-state index contributed by atoms with van der Waals surface area (Å²) in [6.07, 6.45) is 2.17. The minimum atomic E-state index is -0.683. The van der Waals surface area contributed by atoms with Crippen molar-refractivity contribution in [2.45, 2.75) is 50.5 Å². The van der Waals surface area contributed by atoms with Crippen LogP contribution in [0.15, 0.2) is 77.4 Å². The lowest BCUT2D eigenvalue weighted by Crippen LogP contribution is -2.53. The van der Waals surface area contributed by atoms with Crippen molar-refractivity contribution in [1.29, 1.82) is 0 Å². The Labute approximate surface area is 193 Å². The first kappa shape index (κ1) is 24.0. The van der Waals surface area contributed by atoms with Crippen LogP contribution in [0.25, 0.3) is 10.4 Å². The maximum Gasteiger partial charge on any atom is 0.333 e. The van der Waals surface area contributed by atoms with E-state index >= 15 is 0 Å². The van der Waals surface area contributed by atoms with Crippen LogP contribution in [0, 0.1) is 0 Å². The van der Waals surface area contributed by atoms with E-state index in [0.717, 1.165) is 11.1 Å². The smallest absolute Gasteiger partial charge is 0.333 e. The highest BCUT2D eigenvalue weighted by atomic mass is 16.5. The van der Waals surface area contributed by atoms with Gasteiger partial charge in [-0.25, -0.2) is 4.79 Å². The SMILES string of the molecule is COC(=O)C1=C[C@@H](OC(Cc2ccccc2)Cc2ccccc2)C(NC(C)=O)[C@@H](N=[N+]=[N-])C1. The quantitative estimate of drug-likeness (QED) is 0.271. The Morgan fingerprint density at radius 2 is 1.67 bits per heavy atom. The van der Waals surface area contributed by atoms with Gasteiger partial charge in [0.15, 0.2) is 0 Å². The summed E-state index contributed by atoms with van der Waals surface area (Å²) in [4.78, 5) is 27.1. The average molecular weight is 449 g/mol. The molecule has 1 N–H and O–H groups in total. The molecule has 1 amide bonds. The van der Waals surface area contributed by atoms with Crippen molar-refractivity contribution in [1.82, 2.24) is 5.32 Å². The Kier molecular flexibility index (Phi) is 8.63. The molecule has 0 saturated heterocycles. The lowest BCUT2D eigenvalue weighted by atomic mass is 9.88. The largest absolute Gasteiger partial charge is 0.466 e. The second kappa shape index (κ2) is 11.9. The maximum absolute atomic E-state index is 12.3. The van der Waals surface area contributed by atoms with Crippen LogP contribution in [0.1, 0.15) is 24.5 Å². The first-order chi connectivity index (χ1) is 16.0. The van der Waals surface area contributed by atoms with Crippen molar-refractivity contribution in [3.05, 3.63) is 93.9 Å². The van der Waals surface area contributed by atoms with E-state index < -0.39 is 24.2 Å². The highest BCUT2D eigenvalue weighted by Gasteiger charge is 2.37. The standard InChI is InChI=1S/C25H28N4O4/c1-17(30)27-24-22(28-29-26)15-20(25(31)32-2)16-23(24)33-21(13-18-9-5-3-6-10-18)14-19-11-7-4-8-12-19/h3-12,16,21-24H,13-15H2,1-2H3,(H,27,30)/t22-,23+,24?/m0/s1. The zero-order valence-electron chi connectivity index (χ0n) is 18.8. The number of hydrogen-bond acceptors (Lipinski definition) is 5. The van der Waals surface area contributed by atoms with E-state index in [4.69, 9.17) is 15.0 Å². The van der Waals surface area contributed by atoms with Crippen LogP contribution in [0.2, 0.25) is 0 Å². The van der Waals surface area contributed by atoms with E-state index in [0.29, 0.717) is 18.4 Å². The monoisotopic (exact) mass is 448 g/mol. The normalized spacial score (nSPS) is 19.8. The number of azide groups is 1. The molecule has 2 aromatic carbocycles. The molecule has 8 heteroatoms. The van der Waals surface area contributed by atoms with Gasteiger partial charge in [0.2, 0.25) is 5.91 Å². The fraction of sp³-hybridized carbons (Fsp3) is 0.360. The van der Waals surface area contributed by atoms with E-state index in [2.05, 4.69) is 15.3 Å². The van der Waals surface area contributed by atoms with Gasteiger partial charge in [0.1, 0.15) is 0 Å². The lowest BCUT2D eigenvalue weighted by Gasteiger charge is -2.36. The average Bonchev–Trinajstić information content (AvgIpc) is 2.81. The van der Waals surface area contributed by atoms with Crippen LogP contribution >= 0.6 is 0 Å². The molecule has 0 aliphatic heterocycles. The van der Waals surface area contributed by atoms with Crippen molar-refractivity contribution >= 4 is 11.9 Å². The molecule has 0 spiro atoms. The number of rotatable bonds is 9. The number of esters is 1. The fourth-order valence-corrected chi connectivity index (χ4v) is 4.08. The van der Waals surface area contributed by atoms with Gasteiger partial charge in [0.25, 0.3) is 0 Å². The Balaban J connectivity index is 1.94. The number of nitrogens with zero attached hydrogens (tertiary/aromatic N) is 3. The molecule has 0 heterocycles. The minimum Gasteiger partial charge on any atom is -0.466 e. The number of hydrogen-bond donors (Lipinski definition) is 1. The summed E-state index contributed by atoms with van der Waals surface area (Å²) in [7, 11) is 1.30. The Morgan fingerprint density at radius 3 is 2.15 bits per heavy atom. The van der Waals surface area contributed by atoms with Gasteiger partial charge in [-0.15, -0.1) is 0 Å². The third-order valence-corrected chi connectivity index (χ3v) is 5.54. The molecule has 2 aromatic rings. The van der Waals surface area contributed by atoms with Crippen molar-refractivity contribution in [2.24, 2.45) is 5.11 Å². The summed E-state index contributed by atoms with van der Waals surface area (Å²) in [6, 6.07) is 18.7. The Hall–Kier alpha value is -3.61. The van der Waals surface area contributed by atoms with Crippen molar-refractivity contribution < 1.29 is 19.1 Å². The molecule has 0 bridgehead atoms. The molecular weight excluding hydrogens is 420 g/mol. The van der Waals surface area contributed by atoms with Gasteiger partial charge in [-0.1, -0.05) is 65.8 Å². The van der Waals surface area contributed by atoms with Crippen LogP contribution in [-0.2, 0) is 31.9 Å². The number of methoxy groups -OCH3 is 1.